The number of benzene rings is 2. The van der Waals surface area contributed by atoms with Crippen LogP contribution in [0.3, 0.4) is 0 Å². The maximum atomic E-state index is 12.7. The van der Waals surface area contributed by atoms with Crippen LogP contribution in [0.5, 0.6) is 0 Å². The summed E-state index contributed by atoms with van der Waals surface area (Å²) in [5.41, 5.74) is 5.31. The van der Waals surface area contributed by atoms with Crippen molar-refractivity contribution in [3.05, 3.63) is 75.9 Å². The number of pyridine rings is 1. The van der Waals surface area contributed by atoms with Crippen LogP contribution < -0.4 is 10.8 Å². The molecule has 2 heterocycles. The molecule has 31 heavy (non-hydrogen) atoms. The minimum Gasteiger partial charge on any atom is -0.380 e. The summed E-state index contributed by atoms with van der Waals surface area (Å²) >= 11 is 3.48. The summed E-state index contributed by atoms with van der Waals surface area (Å²) < 4.78 is 6.09. The zero-order valence-corrected chi connectivity index (χ0v) is 18.3. The Morgan fingerprint density at radius 1 is 1.16 bits per heavy atom. The van der Waals surface area contributed by atoms with Crippen LogP contribution in [-0.2, 0) is 16.0 Å². The van der Waals surface area contributed by atoms with Crippen LogP contribution >= 0.6 is 15.9 Å². The first-order valence-corrected chi connectivity index (χ1v) is 10.8. The third-order valence-electron chi connectivity index (χ3n) is 5.50. The van der Waals surface area contributed by atoms with Crippen molar-refractivity contribution in [2.45, 2.75) is 18.9 Å². The lowest BCUT2D eigenvalue weighted by molar-refractivity contribution is -0.138. The Kier molecular flexibility index (Phi) is 6.60. The Bertz CT molecular complexity index is 1100. The van der Waals surface area contributed by atoms with Gasteiger partial charge in [-0.1, -0.05) is 30.3 Å². The molecule has 0 spiro atoms. The van der Waals surface area contributed by atoms with Crippen LogP contribution in [0.2, 0.25) is 0 Å². The normalized spacial score (nSPS) is 18.5. The summed E-state index contributed by atoms with van der Waals surface area (Å²) in [6.45, 7) is 0.611. The van der Waals surface area contributed by atoms with Crippen LogP contribution in [0.4, 0.5) is 0 Å². The van der Waals surface area contributed by atoms with Gasteiger partial charge in [-0.15, -0.1) is 0 Å². The number of hydrogen-bond acceptors (Lipinski definition) is 5. The highest BCUT2D eigenvalue weighted by Crippen LogP contribution is 2.24. The highest BCUT2D eigenvalue weighted by atomic mass is 79.9. The van der Waals surface area contributed by atoms with E-state index in [1.165, 1.54) is 0 Å². The molecule has 160 valence electrons. The molecule has 8 heteroatoms. The van der Waals surface area contributed by atoms with E-state index < -0.39 is 17.9 Å². The van der Waals surface area contributed by atoms with Gasteiger partial charge in [-0.05, 0) is 64.2 Å². The van der Waals surface area contributed by atoms with Gasteiger partial charge >= 0.3 is 0 Å². The lowest BCUT2D eigenvalue weighted by atomic mass is 9.94. The van der Waals surface area contributed by atoms with Crippen LogP contribution in [0.25, 0.3) is 10.9 Å². The Balaban J connectivity index is 1.47. The number of rotatable bonds is 5. The summed E-state index contributed by atoms with van der Waals surface area (Å²) in [6.07, 6.45) is 1.22. The summed E-state index contributed by atoms with van der Waals surface area (Å²) in [5.74, 6) is -1.44. The number of nitrogens with zero attached hydrogens (tertiary/aromatic N) is 1. The van der Waals surface area contributed by atoms with Crippen molar-refractivity contribution in [1.82, 2.24) is 15.8 Å². The fraction of sp³-hybridized carbons (Fsp3) is 0.261. The van der Waals surface area contributed by atoms with E-state index in [4.69, 9.17) is 9.94 Å². The molecule has 0 unspecified atom stereocenters. The Morgan fingerprint density at radius 2 is 1.94 bits per heavy atom. The summed E-state index contributed by atoms with van der Waals surface area (Å²) in [5, 5.41) is 12.9. The van der Waals surface area contributed by atoms with Crippen LogP contribution in [-0.4, -0.2) is 41.3 Å². The molecule has 2 aromatic carbocycles. The summed E-state index contributed by atoms with van der Waals surface area (Å²) in [7, 11) is 0. The van der Waals surface area contributed by atoms with Gasteiger partial charge in [0.25, 0.3) is 11.8 Å². The number of halogens is 1. The van der Waals surface area contributed by atoms with Gasteiger partial charge in [-0.3, -0.25) is 14.8 Å². The lowest BCUT2D eigenvalue weighted by Crippen LogP contribution is -2.51. The average molecular weight is 484 g/mol. The predicted octanol–water partition coefficient (Wildman–Crippen LogP) is 3.23. The molecule has 0 aliphatic carbocycles. The number of hydrogen-bond donors (Lipinski definition) is 3. The van der Waals surface area contributed by atoms with Crippen molar-refractivity contribution in [2.75, 3.05) is 13.2 Å². The number of aromatic nitrogens is 1. The van der Waals surface area contributed by atoms with Gasteiger partial charge in [0, 0.05) is 23.6 Å². The number of hydroxylamine groups is 1. The van der Waals surface area contributed by atoms with Gasteiger partial charge in [0.05, 0.1) is 18.0 Å². The van der Waals surface area contributed by atoms with E-state index in [1.54, 1.807) is 17.6 Å². The molecule has 3 N–H and O–H groups in total. The third-order valence-corrected chi connectivity index (χ3v) is 5.91. The quantitative estimate of drug-likeness (QED) is 0.293. The fourth-order valence-corrected chi connectivity index (χ4v) is 4.32. The van der Waals surface area contributed by atoms with Gasteiger partial charge in [0.15, 0.2) is 0 Å². The Hall–Kier alpha value is -2.81. The van der Waals surface area contributed by atoms with Crippen LogP contribution in [0.15, 0.2) is 59.2 Å². The maximum absolute atomic E-state index is 12.7. The van der Waals surface area contributed by atoms with Gasteiger partial charge in [-0.2, -0.15) is 0 Å². The number of para-hydroxylation sites is 1. The van der Waals surface area contributed by atoms with Gasteiger partial charge < -0.3 is 10.1 Å². The molecule has 0 saturated carbocycles. The standard InChI is InChI=1S/C23H22BrN3O4/c24-21-12-16(17-3-1-2-4-19(17)25-21)11-14-5-7-15(8-6-14)22(28)26-20-9-10-31-13-18(20)23(29)27-30/h1-8,12,18,20,30H,9-11,13H2,(H,26,28)(H,27,29)/t18-,20+/m0/s1. The minimum absolute atomic E-state index is 0.158. The van der Waals surface area contributed by atoms with Gasteiger partial charge in [0.1, 0.15) is 4.60 Å². The molecule has 0 radical (unpaired) electrons. The minimum atomic E-state index is -0.625. The molecule has 1 aromatic heterocycles. The maximum Gasteiger partial charge on any atom is 0.251 e. The number of fused-ring (bicyclic) bond motifs is 1. The lowest BCUT2D eigenvalue weighted by Gasteiger charge is -2.30. The van der Waals surface area contributed by atoms with Crippen molar-refractivity contribution in [2.24, 2.45) is 5.92 Å². The van der Waals surface area contributed by atoms with E-state index in [0.717, 1.165) is 26.6 Å². The second-order valence-electron chi connectivity index (χ2n) is 7.52. The Labute approximate surface area is 187 Å². The largest absolute Gasteiger partial charge is 0.380 e. The van der Waals surface area contributed by atoms with Crippen LogP contribution in [0, 0.1) is 5.92 Å². The second-order valence-corrected chi connectivity index (χ2v) is 8.33. The first kappa shape index (κ1) is 21.4. The third kappa shape index (κ3) is 4.92. The first-order chi connectivity index (χ1) is 15.0. The number of nitrogens with one attached hydrogen (secondary N) is 2. The molecular weight excluding hydrogens is 462 g/mol. The highest BCUT2D eigenvalue weighted by Gasteiger charge is 2.32. The molecule has 2 amide bonds. The fourth-order valence-electron chi connectivity index (χ4n) is 3.86. The summed E-state index contributed by atoms with van der Waals surface area (Å²) in [6, 6.07) is 17.0. The van der Waals surface area contributed by atoms with Crippen molar-refractivity contribution in [1.29, 1.82) is 0 Å². The second kappa shape index (κ2) is 9.55. The predicted molar refractivity (Wildman–Crippen MR) is 119 cm³/mol. The van der Waals surface area contributed by atoms with E-state index in [-0.39, 0.29) is 12.5 Å². The number of amides is 2. The van der Waals surface area contributed by atoms with E-state index >= 15 is 0 Å². The smallest absolute Gasteiger partial charge is 0.251 e. The molecule has 3 aromatic rings. The van der Waals surface area contributed by atoms with E-state index in [1.807, 2.05) is 36.4 Å². The average Bonchev–Trinajstić information content (AvgIpc) is 2.79. The topological polar surface area (TPSA) is 101 Å². The van der Waals surface area contributed by atoms with Gasteiger partial charge in [0.2, 0.25) is 0 Å². The van der Waals surface area contributed by atoms with Gasteiger partial charge in [-0.25, -0.2) is 10.5 Å². The molecule has 1 saturated heterocycles. The van der Waals surface area contributed by atoms with E-state index in [9.17, 15) is 9.59 Å². The molecule has 0 bridgehead atoms. The van der Waals surface area contributed by atoms with Crippen molar-refractivity contribution >= 4 is 38.6 Å². The molecule has 1 aliphatic heterocycles. The molecule has 2 atom stereocenters. The number of ether oxygens (including phenoxy) is 1. The summed E-state index contributed by atoms with van der Waals surface area (Å²) in [4.78, 5) is 29.0. The monoisotopic (exact) mass is 483 g/mol. The molecule has 1 fully saturated rings. The Morgan fingerprint density at radius 3 is 2.71 bits per heavy atom. The highest BCUT2D eigenvalue weighted by molar-refractivity contribution is 9.10. The number of carbonyl (C=O) groups is 2. The zero-order valence-electron chi connectivity index (χ0n) is 16.7. The molecule has 7 nitrogen and oxygen atoms in total. The molecular formula is C23H22BrN3O4. The van der Waals surface area contributed by atoms with Crippen molar-refractivity contribution in [3.63, 3.8) is 0 Å². The van der Waals surface area contributed by atoms with E-state index in [2.05, 4.69) is 32.3 Å². The molecule has 4 rings (SSSR count). The first-order valence-electron chi connectivity index (χ1n) is 10.0. The van der Waals surface area contributed by atoms with Crippen molar-refractivity contribution < 1.29 is 19.5 Å². The van der Waals surface area contributed by atoms with E-state index in [0.29, 0.717) is 25.0 Å². The SMILES string of the molecule is O=C(N[C@@H]1CCOC[C@@H]1C(=O)NO)c1ccc(Cc2cc(Br)nc3ccccc23)cc1. The number of carbonyl (C=O) groups excluding carboxylic acids is 2. The van der Waals surface area contributed by atoms with Crippen LogP contribution in [0.1, 0.15) is 27.9 Å². The van der Waals surface area contributed by atoms with Crippen molar-refractivity contribution in [3.8, 4) is 0 Å². The molecule has 1 aliphatic rings. The zero-order chi connectivity index (χ0) is 21.8.